The highest BCUT2D eigenvalue weighted by Gasteiger charge is 2.47. The number of carbonyl (C=O) groups excluding carboxylic acids is 1. The normalized spacial score (nSPS) is 20.5. The lowest BCUT2D eigenvalue weighted by Gasteiger charge is -2.27. The molecule has 4 aromatic rings. The molecule has 0 saturated carbocycles. The van der Waals surface area contributed by atoms with Crippen molar-refractivity contribution in [2.75, 3.05) is 50.0 Å². The van der Waals surface area contributed by atoms with Crippen molar-refractivity contribution in [3.8, 4) is 22.6 Å². The zero-order chi connectivity index (χ0) is 61.5. The molecule has 3 unspecified atom stereocenters. The number of ether oxygens (including phenoxy) is 1. The van der Waals surface area contributed by atoms with Crippen LogP contribution in [0.25, 0.3) is 39.9 Å². The van der Waals surface area contributed by atoms with Gasteiger partial charge in [0.15, 0.2) is 17.7 Å². The minimum Gasteiger partial charge on any atom is -0.744 e. The Balaban J connectivity index is 0.775. The minimum atomic E-state index is -5.81. The second-order valence-electron chi connectivity index (χ2n) is 20.9. The van der Waals surface area contributed by atoms with Gasteiger partial charge in [0.1, 0.15) is 64.9 Å². The van der Waals surface area contributed by atoms with Crippen molar-refractivity contribution in [1.29, 1.82) is 0 Å². The third-order valence-corrected chi connectivity index (χ3v) is 19.9. The number of aromatic nitrogens is 4. The van der Waals surface area contributed by atoms with E-state index in [1.165, 1.54) is 23.0 Å². The predicted molar refractivity (Wildman–Crippen MR) is 313 cm³/mol. The number of rotatable bonds is 28. The number of aliphatic hydroxyl groups excluding tert-OH is 2. The van der Waals surface area contributed by atoms with Gasteiger partial charge >= 0.3 is 23.5 Å². The summed E-state index contributed by atoms with van der Waals surface area (Å²) < 4.78 is 108. The number of nitrogen functional groups attached to an aromatic ring is 1. The second kappa shape index (κ2) is 27.5. The molecule has 8 rings (SSSR count). The quantitative estimate of drug-likeness (QED) is 0.0109. The number of hydrogen-bond donors (Lipinski definition) is 7. The number of nitrogens with zero attached hydrogens (tertiary/aromatic N) is 6. The smallest absolute Gasteiger partial charge is 0.490 e. The SMILES string of the molecule is CC[N+](CC)=c1ccc2c(/C=C/C=C3/N(CCCCCC(=O)NCCCCCCOP(=O)(O)OP(=O)(O)OP(=O)(O)OC[C@H]4O[C@@H](n5cnc6c(N)ncnc65)[C@H](O)[C@@H]4O)c4ccc(S(=O)(=O)[O-])cc4C3(C)C)c(C)c(-c3ccccc3)oc-2c1. The number of unbranched alkanes of at least 4 members (excludes halogenated alkanes) is 5. The maximum absolute atomic E-state index is 12.8. The van der Waals surface area contributed by atoms with Crippen molar-refractivity contribution in [1.82, 2.24) is 29.4 Å². The third-order valence-electron chi connectivity index (χ3n) is 14.8. The van der Waals surface area contributed by atoms with E-state index < -0.39 is 76.8 Å². The molecule has 2 aromatic heterocycles. The highest BCUT2D eigenvalue weighted by Crippen LogP contribution is 2.68. The first-order chi connectivity index (χ1) is 40.2. The van der Waals surface area contributed by atoms with Gasteiger partial charge < -0.3 is 54.6 Å². The van der Waals surface area contributed by atoms with E-state index >= 15 is 0 Å². The molecule has 1 saturated heterocycles. The highest BCUT2D eigenvalue weighted by molar-refractivity contribution is 7.85. The van der Waals surface area contributed by atoms with E-state index in [0.717, 1.165) is 69.9 Å². The Bertz CT molecular complexity index is 3740. The van der Waals surface area contributed by atoms with Gasteiger partial charge in [0, 0.05) is 59.1 Å². The fourth-order valence-corrected chi connectivity index (χ4v) is 14.5. The average molecular weight is 1260 g/mol. The Kier molecular flexibility index (Phi) is 21.1. The Labute approximate surface area is 491 Å². The number of anilines is 2. The van der Waals surface area contributed by atoms with Crippen LogP contribution in [0.2, 0.25) is 0 Å². The van der Waals surface area contributed by atoms with Crippen molar-refractivity contribution < 1.29 is 83.2 Å². The van der Waals surface area contributed by atoms with Gasteiger partial charge in [-0.3, -0.25) is 18.4 Å². The number of allylic oxidation sites excluding steroid dienone is 3. The van der Waals surface area contributed by atoms with Crippen molar-refractivity contribution in [2.45, 2.75) is 121 Å². The molecule has 26 nitrogen and oxygen atoms in total. The minimum absolute atomic E-state index is 0.0281. The van der Waals surface area contributed by atoms with Crippen LogP contribution in [0.3, 0.4) is 0 Å². The van der Waals surface area contributed by atoms with Crippen molar-refractivity contribution in [3.05, 3.63) is 119 Å². The molecular formula is C55H71N8O18P3S. The summed E-state index contributed by atoms with van der Waals surface area (Å²) in [4.78, 5) is 56.7. The lowest BCUT2D eigenvalue weighted by molar-refractivity contribution is -0.121. The summed E-state index contributed by atoms with van der Waals surface area (Å²) in [6.45, 7) is 11.5. The van der Waals surface area contributed by atoms with Crippen LogP contribution in [0.4, 0.5) is 11.5 Å². The summed E-state index contributed by atoms with van der Waals surface area (Å²) in [6.07, 6.45) is 6.26. The molecule has 1 amide bonds. The molecular weight excluding hydrogens is 1190 g/mol. The van der Waals surface area contributed by atoms with Gasteiger partial charge in [-0.2, -0.15) is 8.62 Å². The van der Waals surface area contributed by atoms with Crippen LogP contribution in [-0.4, -0.2) is 121 Å². The van der Waals surface area contributed by atoms with Crippen LogP contribution in [0, 0.1) is 6.92 Å². The summed E-state index contributed by atoms with van der Waals surface area (Å²) in [5, 5.41) is 25.1. The van der Waals surface area contributed by atoms with E-state index in [1.54, 1.807) is 6.07 Å². The zero-order valence-corrected chi connectivity index (χ0v) is 51.0. The predicted octanol–water partition coefficient (Wildman–Crippen LogP) is 7.42. The number of benzene rings is 3. The number of nitrogens with one attached hydrogen (secondary N) is 1. The Hall–Kier alpha value is -5.83. The lowest BCUT2D eigenvalue weighted by atomic mass is 9.83. The molecule has 2 aromatic carbocycles. The van der Waals surface area contributed by atoms with Gasteiger partial charge in [0.25, 0.3) is 0 Å². The van der Waals surface area contributed by atoms with Gasteiger partial charge in [0.05, 0.1) is 30.5 Å². The van der Waals surface area contributed by atoms with Crippen molar-refractivity contribution >= 4 is 68.2 Å². The molecule has 1 aliphatic carbocycles. The number of phosphoric acid groups is 3. The fourth-order valence-electron chi connectivity index (χ4n) is 10.4. The van der Waals surface area contributed by atoms with E-state index in [0.29, 0.717) is 57.2 Å². The van der Waals surface area contributed by atoms with Crippen molar-refractivity contribution in [2.24, 2.45) is 0 Å². The van der Waals surface area contributed by atoms with Crippen molar-refractivity contribution in [3.63, 3.8) is 0 Å². The number of aliphatic hydroxyl groups is 2. The maximum atomic E-state index is 12.8. The number of carbonyl (C=O) groups is 1. The Morgan fingerprint density at radius 1 is 0.882 bits per heavy atom. The summed E-state index contributed by atoms with van der Waals surface area (Å²) in [5.41, 5.74) is 11.6. The largest absolute Gasteiger partial charge is 0.744 e. The number of phosphoric ester groups is 2. The molecule has 5 heterocycles. The van der Waals surface area contributed by atoms with E-state index in [2.05, 4.69) is 81.0 Å². The van der Waals surface area contributed by atoms with Gasteiger partial charge in [-0.25, -0.2) is 41.6 Å². The number of hydrogen-bond acceptors (Lipinski definition) is 20. The van der Waals surface area contributed by atoms with Crippen LogP contribution < -0.4 is 25.9 Å². The van der Waals surface area contributed by atoms with Crippen LogP contribution in [0.1, 0.15) is 102 Å². The van der Waals surface area contributed by atoms with Gasteiger partial charge in [-0.1, -0.05) is 75.6 Å². The van der Waals surface area contributed by atoms with E-state index in [1.807, 2.05) is 63.3 Å². The summed E-state index contributed by atoms with van der Waals surface area (Å²) >= 11 is 0. The third kappa shape index (κ3) is 15.8. The number of fused-ring (bicyclic) bond motifs is 3. The maximum Gasteiger partial charge on any atom is 0.490 e. The van der Waals surface area contributed by atoms with Gasteiger partial charge in [-0.05, 0) is 87.9 Å². The Morgan fingerprint density at radius 2 is 1.59 bits per heavy atom. The monoisotopic (exact) mass is 1260 g/mol. The number of amides is 1. The molecule has 30 heteroatoms. The topological polar surface area (TPSA) is 374 Å². The van der Waals surface area contributed by atoms with Crippen LogP contribution in [0.5, 0.6) is 0 Å². The molecule has 0 spiro atoms. The van der Waals surface area contributed by atoms with E-state index in [4.69, 9.17) is 19.4 Å². The van der Waals surface area contributed by atoms with E-state index in [-0.39, 0.29) is 40.6 Å². The molecule has 85 heavy (non-hydrogen) atoms. The number of nitrogens with two attached hydrogens (primary N) is 1. The summed E-state index contributed by atoms with van der Waals surface area (Å²) in [7, 11) is -21.4. The van der Waals surface area contributed by atoms with Crippen LogP contribution >= 0.6 is 23.5 Å². The van der Waals surface area contributed by atoms with Crippen LogP contribution in [-0.2, 0) is 56.4 Å². The van der Waals surface area contributed by atoms with E-state index in [9.17, 15) is 56.4 Å². The molecule has 7 atom stereocenters. The van der Waals surface area contributed by atoms with Gasteiger partial charge in [0.2, 0.25) is 11.3 Å². The molecule has 1 fully saturated rings. The van der Waals surface area contributed by atoms with Crippen LogP contribution in [0.15, 0.2) is 107 Å². The summed E-state index contributed by atoms with van der Waals surface area (Å²) in [5.74, 6) is 1.38. The molecule has 4 aliphatic rings. The standard InChI is InChI=1S/C55H71N8O18P3S/c1-6-61(7-2)38-24-26-41-40(36(3)51(78-44(41)31-38)37-19-12-10-13-20-37)21-18-22-46-55(4,5)42-32-39(85(73,74)75)25-27-43(42)62(46)29-16-11-14-23-47(64)57-28-15-8-9-17-30-76-82(67,68)80-84(71,72)81-83(69,70)77-33-45-49(65)50(66)54(79-45)63-35-60-48-52(56)58-34-59-53(48)63/h10,12-13,18-22,24-27,31-32,34-35,45,49-50,54,65-66H,6-9,11,14-17,23,28-30,33H2,1-5H3,(H6-,56,57,58,59,64,67,68,69,70,71,72,73,74,75)/t45-,49-,50-,54-/m1/s1. The zero-order valence-electron chi connectivity index (χ0n) is 47.5. The molecule has 0 radical (unpaired) electrons. The Morgan fingerprint density at radius 3 is 2.31 bits per heavy atom. The lowest BCUT2D eigenvalue weighted by Crippen LogP contribution is -2.33. The van der Waals surface area contributed by atoms with Gasteiger partial charge in [-0.15, -0.1) is 0 Å². The first-order valence-corrected chi connectivity index (χ1v) is 33.5. The summed E-state index contributed by atoms with van der Waals surface area (Å²) in [6, 6.07) is 20.7. The molecule has 8 N–H and O–H groups in total. The average Bonchev–Trinajstić information content (AvgIpc) is 2.21. The number of imidazole rings is 1. The first kappa shape index (κ1) is 65.2. The second-order valence-corrected chi connectivity index (χ2v) is 26.9. The molecule has 0 bridgehead atoms. The first-order valence-electron chi connectivity index (χ1n) is 27.6. The highest BCUT2D eigenvalue weighted by atomic mass is 32.2. The fraction of sp³-hybridized carbons (Fsp3) is 0.436. The molecule has 460 valence electrons. The molecule has 3 aliphatic heterocycles.